The van der Waals surface area contributed by atoms with Crippen molar-refractivity contribution in [2.75, 3.05) is 12.4 Å². The van der Waals surface area contributed by atoms with Gasteiger partial charge in [-0.25, -0.2) is 4.98 Å². The number of aryl methyl sites for hydroxylation is 1. The quantitative estimate of drug-likeness (QED) is 0.853. The topological polar surface area (TPSA) is 51.2 Å². The van der Waals surface area contributed by atoms with E-state index in [1.54, 1.807) is 0 Å². The van der Waals surface area contributed by atoms with Gasteiger partial charge in [-0.15, -0.1) is 11.3 Å². The van der Waals surface area contributed by atoms with Crippen molar-refractivity contribution >= 4 is 22.4 Å². The average molecular weight is 276 g/mol. The third-order valence-corrected chi connectivity index (χ3v) is 3.83. The molecular formula is C14H16N2O2S. The highest BCUT2D eigenvalue weighted by Crippen LogP contribution is 2.22. The van der Waals surface area contributed by atoms with Crippen molar-refractivity contribution < 1.29 is 9.53 Å². The second kappa shape index (κ2) is 6.33. The first-order valence-electron chi connectivity index (χ1n) is 6.02. The van der Waals surface area contributed by atoms with Gasteiger partial charge >= 0.3 is 5.97 Å². The van der Waals surface area contributed by atoms with E-state index in [2.05, 4.69) is 10.3 Å². The highest BCUT2D eigenvalue weighted by atomic mass is 32.1. The molecule has 0 fully saturated rings. The molecule has 19 heavy (non-hydrogen) atoms. The maximum absolute atomic E-state index is 11.8. The zero-order valence-corrected chi connectivity index (χ0v) is 11.8. The SMILES string of the molecule is CNc1nc(C)c(CC(=O)OCc2ccccc2)s1. The van der Waals surface area contributed by atoms with Crippen LogP contribution in [0.15, 0.2) is 30.3 Å². The molecule has 1 N–H and O–H groups in total. The first-order valence-corrected chi connectivity index (χ1v) is 6.84. The molecule has 0 spiro atoms. The lowest BCUT2D eigenvalue weighted by Crippen LogP contribution is -2.07. The Kier molecular flexibility index (Phi) is 4.52. The fourth-order valence-corrected chi connectivity index (χ4v) is 2.52. The number of thiazole rings is 1. The molecule has 100 valence electrons. The normalized spacial score (nSPS) is 10.2. The maximum Gasteiger partial charge on any atom is 0.311 e. The van der Waals surface area contributed by atoms with Crippen LogP contribution in [0.5, 0.6) is 0 Å². The summed E-state index contributed by atoms with van der Waals surface area (Å²) in [5.41, 5.74) is 1.87. The molecule has 0 unspecified atom stereocenters. The minimum absolute atomic E-state index is 0.224. The highest BCUT2D eigenvalue weighted by molar-refractivity contribution is 7.15. The van der Waals surface area contributed by atoms with Crippen LogP contribution < -0.4 is 5.32 Å². The van der Waals surface area contributed by atoms with Crippen molar-refractivity contribution in [3.8, 4) is 0 Å². The third kappa shape index (κ3) is 3.79. The summed E-state index contributed by atoms with van der Waals surface area (Å²) >= 11 is 1.49. The number of benzene rings is 1. The van der Waals surface area contributed by atoms with Gasteiger partial charge in [0.05, 0.1) is 12.1 Å². The van der Waals surface area contributed by atoms with Gasteiger partial charge in [-0.3, -0.25) is 4.79 Å². The van der Waals surface area contributed by atoms with E-state index in [4.69, 9.17) is 4.74 Å². The van der Waals surface area contributed by atoms with Gasteiger partial charge in [0.25, 0.3) is 0 Å². The van der Waals surface area contributed by atoms with Crippen molar-refractivity contribution in [3.63, 3.8) is 0 Å². The van der Waals surface area contributed by atoms with Crippen LogP contribution in [0.2, 0.25) is 0 Å². The van der Waals surface area contributed by atoms with Crippen LogP contribution in [-0.4, -0.2) is 18.0 Å². The Labute approximate surface area is 116 Å². The molecular weight excluding hydrogens is 260 g/mol. The smallest absolute Gasteiger partial charge is 0.311 e. The van der Waals surface area contributed by atoms with Gasteiger partial charge in [-0.05, 0) is 12.5 Å². The summed E-state index contributed by atoms with van der Waals surface area (Å²) in [6, 6.07) is 9.66. The molecule has 0 aliphatic rings. The molecule has 0 amide bonds. The first-order chi connectivity index (χ1) is 9.19. The number of hydrogen-bond donors (Lipinski definition) is 1. The predicted molar refractivity (Wildman–Crippen MR) is 76.3 cm³/mol. The number of ether oxygens (including phenoxy) is 1. The molecule has 4 nitrogen and oxygen atoms in total. The van der Waals surface area contributed by atoms with Gasteiger partial charge < -0.3 is 10.1 Å². The summed E-state index contributed by atoms with van der Waals surface area (Å²) in [5, 5.41) is 3.80. The lowest BCUT2D eigenvalue weighted by Gasteiger charge is -2.04. The van der Waals surface area contributed by atoms with Crippen molar-refractivity contribution in [1.29, 1.82) is 0 Å². The number of carbonyl (C=O) groups is 1. The van der Waals surface area contributed by atoms with Crippen LogP contribution in [0.25, 0.3) is 0 Å². The van der Waals surface area contributed by atoms with Gasteiger partial charge in [0.2, 0.25) is 0 Å². The lowest BCUT2D eigenvalue weighted by molar-refractivity contribution is -0.144. The number of esters is 1. The Hall–Kier alpha value is -1.88. The molecule has 0 saturated heterocycles. The minimum Gasteiger partial charge on any atom is -0.461 e. The maximum atomic E-state index is 11.8. The number of rotatable bonds is 5. The van der Waals surface area contributed by atoms with E-state index in [1.807, 2.05) is 44.3 Å². The molecule has 2 aromatic rings. The molecule has 0 atom stereocenters. The molecule has 2 rings (SSSR count). The van der Waals surface area contributed by atoms with E-state index in [0.717, 1.165) is 21.3 Å². The largest absolute Gasteiger partial charge is 0.461 e. The highest BCUT2D eigenvalue weighted by Gasteiger charge is 2.12. The van der Waals surface area contributed by atoms with Gasteiger partial charge in [-0.1, -0.05) is 30.3 Å². The van der Waals surface area contributed by atoms with E-state index in [1.165, 1.54) is 11.3 Å². The zero-order chi connectivity index (χ0) is 13.7. The molecule has 5 heteroatoms. The summed E-state index contributed by atoms with van der Waals surface area (Å²) in [4.78, 5) is 17.0. The van der Waals surface area contributed by atoms with Crippen LogP contribution >= 0.6 is 11.3 Å². The van der Waals surface area contributed by atoms with Crippen LogP contribution in [0.1, 0.15) is 16.1 Å². The molecule has 0 bridgehead atoms. The van der Waals surface area contributed by atoms with Crippen LogP contribution in [0.3, 0.4) is 0 Å². The van der Waals surface area contributed by atoms with Crippen molar-refractivity contribution in [3.05, 3.63) is 46.5 Å². The number of nitrogens with one attached hydrogen (secondary N) is 1. The van der Waals surface area contributed by atoms with Crippen LogP contribution in [0, 0.1) is 6.92 Å². The number of hydrogen-bond acceptors (Lipinski definition) is 5. The second-order valence-electron chi connectivity index (χ2n) is 4.10. The van der Waals surface area contributed by atoms with E-state index in [-0.39, 0.29) is 12.4 Å². The molecule has 0 radical (unpaired) electrons. The number of aromatic nitrogens is 1. The van der Waals surface area contributed by atoms with E-state index in [9.17, 15) is 4.79 Å². The molecule has 0 aliphatic carbocycles. The van der Waals surface area contributed by atoms with E-state index < -0.39 is 0 Å². The third-order valence-electron chi connectivity index (χ3n) is 2.65. The van der Waals surface area contributed by atoms with Gasteiger partial charge in [-0.2, -0.15) is 0 Å². The summed E-state index contributed by atoms with van der Waals surface area (Å²) in [7, 11) is 1.82. The van der Waals surface area contributed by atoms with Crippen molar-refractivity contribution in [2.24, 2.45) is 0 Å². The van der Waals surface area contributed by atoms with Crippen molar-refractivity contribution in [2.45, 2.75) is 20.0 Å². The average Bonchev–Trinajstić information content (AvgIpc) is 2.78. The Morgan fingerprint density at radius 2 is 2.11 bits per heavy atom. The fourth-order valence-electron chi connectivity index (χ4n) is 1.62. The Balaban J connectivity index is 1.89. The summed E-state index contributed by atoms with van der Waals surface area (Å²) in [5.74, 6) is -0.224. The molecule has 0 aliphatic heterocycles. The molecule has 1 heterocycles. The fraction of sp³-hybridized carbons (Fsp3) is 0.286. The summed E-state index contributed by atoms with van der Waals surface area (Å²) in [6.07, 6.45) is 0.276. The summed E-state index contributed by atoms with van der Waals surface area (Å²) in [6.45, 7) is 2.22. The van der Waals surface area contributed by atoms with Gasteiger partial charge in [0.15, 0.2) is 5.13 Å². The van der Waals surface area contributed by atoms with E-state index >= 15 is 0 Å². The van der Waals surface area contributed by atoms with Crippen LogP contribution in [-0.2, 0) is 22.6 Å². The van der Waals surface area contributed by atoms with Gasteiger partial charge in [0, 0.05) is 11.9 Å². The predicted octanol–water partition coefficient (Wildman–Crippen LogP) is 2.78. The molecule has 1 aromatic carbocycles. The van der Waals surface area contributed by atoms with E-state index in [0.29, 0.717) is 6.61 Å². The standard InChI is InChI=1S/C14H16N2O2S/c1-10-12(19-14(15-2)16-10)8-13(17)18-9-11-6-4-3-5-7-11/h3-7H,8-9H2,1-2H3,(H,15,16). The summed E-state index contributed by atoms with van der Waals surface area (Å²) < 4.78 is 5.25. The van der Waals surface area contributed by atoms with Crippen LogP contribution in [0.4, 0.5) is 5.13 Å². The second-order valence-corrected chi connectivity index (χ2v) is 5.18. The van der Waals surface area contributed by atoms with Crippen molar-refractivity contribution in [1.82, 2.24) is 4.98 Å². The lowest BCUT2D eigenvalue weighted by atomic mass is 10.2. The number of nitrogens with zero attached hydrogens (tertiary/aromatic N) is 1. The molecule has 1 aromatic heterocycles. The number of anilines is 1. The Morgan fingerprint density at radius 3 is 2.74 bits per heavy atom. The number of carbonyl (C=O) groups excluding carboxylic acids is 1. The Morgan fingerprint density at radius 1 is 1.37 bits per heavy atom. The van der Waals surface area contributed by atoms with Gasteiger partial charge in [0.1, 0.15) is 6.61 Å². The Bertz CT molecular complexity index is 552. The first kappa shape index (κ1) is 13.5. The molecule has 0 saturated carbocycles. The minimum atomic E-state index is -0.224. The zero-order valence-electron chi connectivity index (χ0n) is 11.0. The monoisotopic (exact) mass is 276 g/mol.